The predicted molar refractivity (Wildman–Crippen MR) is 90.8 cm³/mol. The maximum absolute atomic E-state index is 12.2. The fourth-order valence-electron chi connectivity index (χ4n) is 2.62. The monoisotopic (exact) mass is 346 g/mol. The highest BCUT2D eigenvalue weighted by Crippen LogP contribution is 2.25. The van der Waals surface area contributed by atoms with Gasteiger partial charge in [0.05, 0.1) is 17.9 Å². The second kappa shape index (κ2) is 8.32. The number of rotatable bonds is 5. The molecule has 134 valence electrons. The maximum Gasteiger partial charge on any atom is 0.307 e. The maximum atomic E-state index is 12.2. The Morgan fingerprint density at radius 2 is 1.64 bits per heavy atom. The fourth-order valence-corrected chi connectivity index (χ4v) is 2.62. The van der Waals surface area contributed by atoms with Crippen molar-refractivity contribution in [2.75, 3.05) is 0 Å². The third-order valence-electron chi connectivity index (χ3n) is 3.87. The summed E-state index contributed by atoms with van der Waals surface area (Å²) in [5, 5.41) is 9.19. The number of amides is 2. The van der Waals surface area contributed by atoms with E-state index in [4.69, 9.17) is 4.74 Å². The van der Waals surface area contributed by atoms with Crippen LogP contribution in [0.2, 0.25) is 0 Å². The Balaban J connectivity index is 1.91. The Morgan fingerprint density at radius 3 is 2.20 bits per heavy atom. The van der Waals surface area contributed by atoms with Crippen LogP contribution in [0.1, 0.15) is 37.0 Å². The molecule has 3 N–H and O–H groups in total. The molecule has 7 heteroatoms. The third-order valence-corrected chi connectivity index (χ3v) is 3.87. The molecule has 1 aromatic carbocycles. The average molecular weight is 346 g/mol. The van der Waals surface area contributed by atoms with Crippen LogP contribution >= 0.6 is 0 Å². The van der Waals surface area contributed by atoms with Gasteiger partial charge in [-0.2, -0.15) is 0 Å². The molecule has 0 fully saturated rings. The molecule has 7 nitrogen and oxygen atoms in total. The van der Waals surface area contributed by atoms with Crippen LogP contribution < -0.4 is 15.6 Å². The average Bonchev–Trinajstić information content (AvgIpc) is 2.59. The van der Waals surface area contributed by atoms with E-state index in [9.17, 15) is 19.5 Å². The zero-order valence-electron chi connectivity index (χ0n) is 14.2. The Bertz CT molecular complexity index is 667. The van der Waals surface area contributed by atoms with E-state index in [1.54, 1.807) is 36.4 Å². The molecule has 0 aliphatic heterocycles. The van der Waals surface area contributed by atoms with Crippen LogP contribution in [0.25, 0.3) is 0 Å². The molecular formula is C18H22N2O5. The third kappa shape index (κ3) is 5.07. The van der Waals surface area contributed by atoms with E-state index in [2.05, 4.69) is 10.9 Å². The van der Waals surface area contributed by atoms with Crippen molar-refractivity contribution in [1.82, 2.24) is 10.9 Å². The van der Waals surface area contributed by atoms with Crippen molar-refractivity contribution in [3.8, 4) is 5.75 Å². The van der Waals surface area contributed by atoms with Crippen molar-refractivity contribution in [1.29, 1.82) is 0 Å². The molecule has 1 aromatic rings. The number of carboxylic acids is 1. The van der Waals surface area contributed by atoms with E-state index < -0.39 is 29.6 Å². The Hall–Kier alpha value is -2.83. The minimum atomic E-state index is -1.02. The standard InChI is InChI=1S/C18H22N2O5/c1-11(2)25-13-9-7-12(8-10-13)16(21)19-20-17(22)14-5-3-4-6-15(14)18(23)24/h3-4,7-11,14-15H,5-6H2,1-2H3,(H,19,21)(H,20,22)(H,23,24)/t14-,15-/m0/s1. The molecule has 0 heterocycles. The van der Waals surface area contributed by atoms with Crippen molar-refractivity contribution < 1.29 is 24.2 Å². The molecule has 2 rings (SSSR count). The van der Waals surface area contributed by atoms with Crippen LogP contribution in [-0.2, 0) is 9.59 Å². The summed E-state index contributed by atoms with van der Waals surface area (Å²) in [7, 11) is 0. The van der Waals surface area contributed by atoms with Crippen molar-refractivity contribution >= 4 is 17.8 Å². The van der Waals surface area contributed by atoms with Crippen LogP contribution in [0.3, 0.4) is 0 Å². The number of allylic oxidation sites excluding steroid dienone is 2. The highest BCUT2D eigenvalue weighted by molar-refractivity contribution is 5.96. The molecule has 0 saturated carbocycles. The SMILES string of the molecule is CC(C)Oc1ccc(C(=O)NNC(=O)[C@H]2CC=CC[C@@H]2C(=O)O)cc1. The number of carboxylic acid groups (broad SMARTS) is 1. The van der Waals surface area contributed by atoms with Crippen LogP contribution in [-0.4, -0.2) is 29.0 Å². The van der Waals surface area contributed by atoms with Crippen molar-refractivity contribution in [3.63, 3.8) is 0 Å². The van der Waals surface area contributed by atoms with Crippen molar-refractivity contribution in [3.05, 3.63) is 42.0 Å². The summed E-state index contributed by atoms with van der Waals surface area (Å²) < 4.78 is 5.50. The smallest absolute Gasteiger partial charge is 0.307 e. The first-order chi connectivity index (χ1) is 11.9. The quantitative estimate of drug-likeness (QED) is 0.558. The van der Waals surface area contributed by atoms with Crippen LogP contribution in [0.4, 0.5) is 0 Å². The topological polar surface area (TPSA) is 105 Å². The number of carbonyl (C=O) groups is 3. The number of hydrogen-bond acceptors (Lipinski definition) is 4. The predicted octanol–water partition coefficient (Wildman–Crippen LogP) is 1.90. The molecule has 25 heavy (non-hydrogen) atoms. The summed E-state index contributed by atoms with van der Waals surface area (Å²) in [4.78, 5) is 35.5. The zero-order chi connectivity index (χ0) is 18.4. The van der Waals surface area contributed by atoms with Gasteiger partial charge in [-0.05, 0) is 51.0 Å². The summed E-state index contributed by atoms with van der Waals surface area (Å²) in [6.45, 7) is 3.81. The lowest BCUT2D eigenvalue weighted by molar-refractivity contribution is -0.147. The molecule has 2 atom stereocenters. The number of carbonyl (C=O) groups excluding carboxylic acids is 2. The van der Waals surface area contributed by atoms with Gasteiger partial charge >= 0.3 is 5.97 Å². The van der Waals surface area contributed by atoms with E-state index in [0.717, 1.165) is 0 Å². The van der Waals surface area contributed by atoms with E-state index >= 15 is 0 Å². The van der Waals surface area contributed by atoms with Crippen LogP contribution in [0.5, 0.6) is 5.75 Å². The zero-order valence-corrected chi connectivity index (χ0v) is 14.2. The van der Waals surface area contributed by atoms with Gasteiger partial charge in [-0.3, -0.25) is 25.2 Å². The highest BCUT2D eigenvalue weighted by atomic mass is 16.5. The first-order valence-electron chi connectivity index (χ1n) is 8.13. The summed E-state index contributed by atoms with van der Waals surface area (Å²) in [6.07, 6.45) is 4.20. The van der Waals surface area contributed by atoms with Gasteiger partial charge in [0, 0.05) is 5.56 Å². The second-order valence-electron chi connectivity index (χ2n) is 6.13. The Labute approximate surface area is 146 Å². The number of hydrazine groups is 1. The normalized spacial score (nSPS) is 19.3. The Morgan fingerprint density at radius 1 is 1.04 bits per heavy atom. The minimum absolute atomic E-state index is 0.0330. The highest BCUT2D eigenvalue weighted by Gasteiger charge is 2.34. The van der Waals surface area contributed by atoms with Crippen LogP contribution in [0.15, 0.2) is 36.4 Å². The van der Waals surface area contributed by atoms with E-state index in [1.807, 2.05) is 13.8 Å². The lowest BCUT2D eigenvalue weighted by Gasteiger charge is -2.24. The molecule has 1 aliphatic carbocycles. The molecule has 1 aliphatic rings. The van der Waals surface area contributed by atoms with E-state index in [0.29, 0.717) is 24.2 Å². The molecular weight excluding hydrogens is 324 g/mol. The van der Waals surface area contributed by atoms with E-state index in [-0.39, 0.29) is 6.10 Å². The molecule has 0 aromatic heterocycles. The fraction of sp³-hybridized carbons (Fsp3) is 0.389. The van der Waals surface area contributed by atoms with Crippen LogP contribution in [0, 0.1) is 11.8 Å². The van der Waals surface area contributed by atoms with Gasteiger partial charge in [0.25, 0.3) is 5.91 Å². The van der Waals surface area contributed by atoms with E-state index in [1.165, 1.54) is 0 Å². The van der Waals surface area contributed by atoms with Gasteiger partial charge in [-0.15, -0.1) is 0 Å². The summed E-state index contributed by atoms with van der Waals surface area (Å²) in [5.41, 5.74) is 4.99. The van der Waals surface area contributed by atoms with Gasteiger partial charge in [0.2, 0.25) is 5.91 Å². The molecule has 0 radical (unpaired) electrons. The van der Waals surface area contributed by atoms with Crippen molar-refractivity contribution in [2.45, 2.75) is 32.8 Å². The lowest BCUT2D eigenvalue weighted by atomic mass is 9.82. The number of nitrogens with one attached hydrogen (secondary N) is 2. The molecule has 0 unspecified atom stereocenters. The van der Waals surface area contributed by atoms with Gasteiger partial charge < -0.3 is 9.84 Å². The largest absolute Gasteiger partial charge is 0.491 e. The molecule has 0 bridgehead atoms. The van der Waals surface area contributed by atoms with Gasteiger partial charge in [0.1, 0.15) is 5.75 Å². The summed E-state index contributed by atoms with van der Waals surface area (Å²) in [6, 6.07) is 6.51. The van der Waals surface area contributed by atoms with Gasteiger partial charge in [-0.25, -0.2) is 0 Å². The molecule has 0 spiro atoms. The first-order valence-corrected chi connectivity index (χ1v) is 8.13. The first kappa shape index (κ1) is 18.5. The van der Waals surface area contributed by atoms with Gasteiger partial charge in [0.15, 0.2) is 0 Å². The number of hydrogen-bond donors (Lipinski definition) is 3. The minimum Gasteiger partial charge on any atom is -0.491 e. The summed E-state index contributed by atoms with van der Waals surface area (Å²) in [5.74, 6) is -2.85. The van der Waals surface area contributed by atoms with Crippen molar-refractivity contribution in [2.24, 2.45) is 11.8 Å². The number of aliphatic carboxylic acids is 1. The summed E-state index contributed by atoms with van der Waals surface area (Å²) >= 11 is 0. The number of ether oxygens (including phenoxy) is 1. The number of benzene rings is 1. The van der Waals surface area contributed by atoms with Gasteiger partial charge in [-0.1, -0.05) is 12.2 Å². The molecule has 0 saturated heterocycles. The lowest BCUT2D eigenvalue weighted by Crippen LogP contribution is -2.47. The Kier molecular flexibility index (Phi) is 6.16. The molecule has 2 amide bonds. The second-order valence-corrected chi connectivity index (χ2v) is 6.13.